The van der Waals surface area contributed by atoms with E-state index in [1.807, 2.05) is 0 Å². The number of hydrogen-bond acceptors (Lipinski definition) is 3. The Hall–Kier alpha value is 1.75. The predicted molar refractivity (Wildman–Crippen MR) is 57.3 cm³/mol. The average Bonchev–Trinajstić information content (AvgIpc) is 1.43. The normalized spacial score (nSPS) is 13.6. The second kappa shape index (κ2) is 5.89. The van der Waals surface area contributed by atoms with Crippen molar-refractivity contribution in [1.29, 1.82) is 0 Å². The molecule has 0 aromatic heterocycles. The van der Waals surface area contributed by atoms with Crippen molar-refractivity contribution < 1.29 is 18.5 Å². The summed E-state index contributed by atoms with van der Waals surface area (Å²) >= 11 is 0. The van der Waals surface area contributed by atoms with Gasteiger partial charge in [-0.1, -0.05) is 0 Å². The van der Waals surface area contributed by atoms with Gasteiger partial charge in [-0.3, -0.25) is 9.05 Å². The SMILES string of the molecule is CC(C)(C)OP(=O)(O)OC(C)(C)C.[K]. The Kier molecular flexibility index (Phi) is 7.63. The monoisotopic (exact) mass is 249 g/mol. The molecule has 0 aromatic rings. The maximum absolute atomic E-state index is 11.4. The molecule has 0 rings (SSSR count). The molecule has 0 saturated carbocycles. The van der Waals surface area contributed by atoms with Crippen LogP contribution < -0.4 is 0 Å². The van der Waals surface area contributed by atoms with Gasteiger partial charge in [-0.2, -0.15) is 0 Å². The molecule has 0 aliphatic heterocycles. The number of hydrogen-bond donors (Lipinski definition) is 1. The average molecular weight is 249 g/mol. The van der Waals surface area contributed by atoms with Crippen molar-refractivity contribution in [1.82, 2.24) is 0 Å². The zero-order valence-corrected chi connectivity index (χ0v) is 14.1. The van der Waals surface area contributed by atoms with Crippen LogP contribution in [-0.4, -0.2) is 67.5 Å². The molecule has 0 heterocycles. The van der Waals surface area contributed by atoms with Gasteiger partial charge in [0, 0.05) is 51.4 Å². The Morgan fingerprint density at radius 2 is 1.14 bits per heavy atom. The van der Waals surface area contributed by atoms with Gasteiger partial charge in [0.2, 0.25) is 0 Å². The second-order valence-corrected chi connectivity index (χ2v) is 6.18. The molecule has 0 fully saturated rings. The van der Waals surface area contributed by atoms with Crippen LogP contribution in [0.1, 0.15) is 41.5 Å². The van der Waals surface area contributed by atoms with Crippen molar-refractivity contribution in [3.63, 3.8) is 0 Å². The molecule has 0 aliphatic carbocycles. The summed E-state index contributed by atoms with van der Waals surface area (Å²) in [6.45, 7) is 10.2. The third-order valence-corrected chi connectivity index (χ3v) is 2.34. The number of rotatable bonds is 2. The van der Waals surface area contributed by atoms with Gasteiger partial charge in [0.1, 0.15) is 0 Å². The molecule has 14 heavy (non-hydrogen) atoms. The zero-order chi connectivity index (χ0) is 10.9. The Balaban J connectivity index is 0. The Labute approximate surface area is 129 Å². The summed E-state index contributed by atoms with van der Waals surface area (Å²) < 4.78 is 21.1. The minimum atomic E-state index is -3.94. The summed E-state index contributed by atoms with van der Waals surface area (Å²) in [5, 5.41) is 0. The first-order chi connectivity index (χ1) is 5.41. The van der Waals surface area contributed by atoms with Crippen LogP contribution in [0.5, 0.6) is 0 Å². The van der Waals surface area contributed by atoms with Crippen LogP contribution in [0, 0.1) is 0 Å². The van der Waals surface area contributed by atoms with Gasteiger partial charge < -0.3 is 4.89 Å². The summed E-state index contributed by atoms with van der Waals surface area (Å²) in [6.07, 6.45) is 0. The molecular formula is C8H19KO4P. The van der Waals surface area contributed by atoms with Crippen molar-refractivity contribution in [3.05, 3.63) is 0 Å². The van der Waals surface area contributed by atoms with E-state index in [2.05, 4.69) is 0 Å². The van der Waals surface area contributed by atoms with E-state index >= 15 is 0 Å². The van der Waals surface area contributed by atoms with Gasteiger partial charge in [-0.05, 0) is 41.5 Å². The maximum Gasteiger partial charge on any atom is 0.473 e. The van der Waals surface area contributed by atoms with Crippen LogP contribution in [0.3, 0.4) is 0 Å². The molecule has 0 unspecified atom stereocenters. The van der Waals surface area contributed by atoms with E-state index < -0.39 is 19.0 Å². The standard InChI is InChI=1S/C8H19O4P.K/c1-7(2,3)11-13(9,10)12-8(4,5)6;/h1-6H3,(H,9,10);. The number of phosphoric ester groups is 1. The molecule has 1 radical (unpaired) electrons. The Morgan fingerprint density at radius 1 is 0.929 bits per heavy atom. The fourth-order valence-corrected chi connectivity index (χ4v) is 2.13. The topological polar surface area (TPSA) is 55.8 Å². The van der Waals surface area contributed by atoms with Gasteiger partial charge in [0.15, 0.2) is 0 Å². The van der Waals surface area contributed by atoms with E-state index in [1.165, 1.54) is 0 Å². The molecule has 4 nitrogen and oxygen atoms in total. The van der Waals surface area contributed by atoms with E-state index in [-0.39, 0.29) is 51.4 Å². The van der Waals surface area contributed by atoms with Gasteiger partial charge >= 0.3 is 7.82 Å². The van der Waals surface area contributed by atoms with Crippen LogP contribution in [0.25, 0.3) is 0 Å². The first-order valence-corrected chi connectivity index (χ1v) is 5.65. The summed E-state index contributed by atoms with van der Waals surface area (Å²) in [6, 6.07) is 0. The molecule has 0 aliphatic rings. The van der Waals surface area contributed by atoms with Crippen molar-refractivity contribution in [3.8, 4) is 0 Å². The second-order valence-electron chi connectivity index (χ2n) is 4.88. The van der Waals surface area contributed by atoms with Crippen LogP contribution in [0.4, 0.5) is 0 Å². The third-order valence-electron chi connectivity index (χ3n) is 0.778. The Morgan fingerprint density at radius 3 is 1.29 bits per heavy atom. The number of phosphoric acid groups is 1. The first-order valence-electron chi connectivity index (χ1n) is 4.16. The largest absolute Gasteiger partial charge is 0.473 e. The third kappa shape index (κ3) is 11.8. The van der Waals surface area contributed by atoms with Crippen molar-refractivity contribution in [2.75, 3.05) is 0 Å². The van der Waals surface area contributed by atoms with E-state index in [0.717, 1.165) is 0 Å². The van der Waals surface area contributed by atoms with Crippen molar-refractivity contribution >= 4 is 59.2 Å². The van der Waals surface area contributed by atoms with E-state index in [9.17, 15) is 9.46 Å². The summed E-state index contributed by atoms with van der Waals surface area (Å²) in [5.74, 6) is 0. The molecular weight excluding hydrogens is 230 g/mol. The minimum Gasteiger partial charge on any atom is -0.302 e. The van der Waals surface area contributed by atoms with Gasteiger partial charge in [-0.25, -0.2) is 4.57 Å². The fraction of sp³-hybridized carbons (Fsp3) is 1.00. The summed E-state index contributed by atoms with van der Waals surface area (Å²) in [4.78, 5) is 9.30. The summed E-state index contributed by atoms with van der Waals surface area (Å²) in [7, 11) is -3.94. The van der Waals surface area contributed by atoms with Gasteiger partial charge in [0.05, 0.1) is 11.2 Å². The zero-order valence-electron chi connectivity index (χ0n) is 10.1. The van der Waals surface area contributed by atoms with Gasteiger partial charge in [-0.15, -0.1) is 0 Å². The predicted octanol–water partition coefficient (Wildman–Crippen LogP) is 2.34. The summed E-state index contributed by atoms with van der Waals surface area (Å²) in [5.41, 5.74) is -1.37. The van der Waals surface area contributed by atoms with Crippen LogP contribution in [0.2, 0.25) is 0 Å². The minimum absolute atomic E-state index is 0. The molecule has 0 amide bonds. The van der Waals surface area contributed by atoms with E-state index in [4.69, 9.17) is 9.05 Å². The quantitative estimate of drug-likeness (QED) is 0.603. The first kappa shape index (κ1) is 18.1. The molecule has 6 heteroatoms. The van der Waals surface area contributed by atoms with E-state index in [0.29, 0.717) is 0 Å². The Bertz CT molecular complexity index is 196. The molecule has 0 saturated heterocycles. The smallest absolute Gasteiger partial charge is 0.302 e. The molecule has 0 spiro atoms. The van der Waals surface area contributed by atoms with E-state index in [1.54, 1.807) is 41.5 Å². The van der Waals surface area contributed by atoms with Crippen LogP contribution in [-0.2, 0) is 13.6 Å². The molecule has 1 N–H and O–H groups in total. The van der Waals surface area contributed by atoms with Gasteiger partial charge in [0.25, 0.3) is 0 Å². The fourth-order valence-electron chi connectivity index (χ4n) is 0.711. The maximum atomic E-state index is 11.4. The molecule has 0 bridgehead atoms. The molecule has 0 atom stereocenters. The van der Waals surface area contributed by atoms with Crippen molar-refractivity contribution in [2.24, 2.45) is 0 Å². The van der Waals surface area contributed by atoms with Crippen molar-refractivity contribution in [2.45, 2.75) is 52.7 Å². The molecule has 81 valence electrons. The van der Waals surface area contributed by atoms with Crippen LogP contribution in [0.15, 0.2) is 0 Å². The van der Waals surface area contributed by atoms with Crippen LogP contribution >= 0.6 is 7.82 Å². The molecule has 0 aromatic carbocycles.